The summed E-state index contributed by atoms with van der Waals surface area (Å²) in [4.78, 5) is 13.9. The molecule has 1 saturated heterocycles. The number of benzene rings is 1. The number of fused-ring (bicyclic) bond motifs is 3. The molecular weight excluding hydrogens is 290 g/mol. The monoisotopic (exact) mass is 327 g/mol. The van der Waals surface area contributed by atoms with E-state index in [1.807, 2.05) is 13.8 Å². The molecule has 23 heavy (non-hydrogen) atoms. The Morgan fingerprint density at radius 1 is 1.48 bits per heavy atom. The van der Waals surface area contributed by atoms with Crippen LogP contribution in [0.15, 0.2) is 12.1 Å². The SMILES string of the molecule is [2H]c1c(OC)c(OC([2H])([2H])[2H])c([2H])c2c1C1([2H])CC(=O)C(CC(C)C)CN1C([2H])([2H])C2([2H])[2H]. The average Bonchev–Trinajstić information content (AvgIpc) is 2.63. The van der Waals surface area contributed by atoms with Crippen molar-refractivity contribution in [3.05, 3.63) is 23.2 Å². The second-order valence-electron chi connectivity index (χ2n) is 6.23. The van der Waals surface area contributed by atoms with Crippen molar-refractivity contribution in [2.45, 2.75) is 39.1 Å². The van der Waals surface area contributed by atoms with Crippen molar-refractivity contribution in [2.24, 2.45) is 11.8 Å². The first-order chi connectivity index (χ1) is 14.9. The summed E-state index contributed by atoms with van der Waals surface area (Å²) < 4.78 is 92.9. The van der Waals surface area contributed by atoms with E-state index in [4.69, 9.17) is 23.2 Å². The minimum Gasteiger partial charge on any atom is -0.493 e. The molecule has 0 saturated carbocycles. The molecule has 0 aromatic heterocycles. The van der Waals surface area contributed by atoms with Gasteiger partial charge in [-0.2, -0.15) is 0 Å². The Bertz CT molecular complexity index is 978. The first kappa shape index (κ1) is 8.02. The molecule has 4 heteroatoms. The maximum Gasteiger partial charge on any atom is 0.161 e. The minimum atomic E-state index is -3.06. The largest absolute Gasteiger partial charge is 0.493 e. The van der Waals surface area contributed by atoms with Crippen LogP contribution >= 0.6 is 0 Å². The third kappa shape index (κ3) is 3.09. The summed E-state index contributed by atoms with van der Waals surface area (Å²) in [6.45, 7) is 0.739. The fourth-order valence-corrected chi connectivity index (χ4v) is 3.06. The Labute approximate surface area is 152 Å². The molecule has 2 unspecified atom stereocenters. The van der Waals surface area contributed by atoms with Crippen molar-refractivity contribution in [3.8, 4) is 11.5 Å². The van der Waals surface area contributed by atoms with E-state index in [0.29, 0.717) is 6.42 Å². The number of hydrogen-bond acceptors (Lipinski definition) is 4. The van der Waals surface area contributed by atoms with E-state index in [0.717, 1.165) is 12.0 Å². The van der Waals surface area contributed by atoms with Gasteiger partial charge in [-0.1, -0.05) is 13.8 Å². The van der Waals surface area contributed by atoms with E-state index in [1.165, 1.54) is 0 Å². The Morgan fingerprint density at radius 3 is 2.96 bits per heavy atom. The van der Waals surface area contributed by atoms with Crippen molar-refractivity contribution in [2.75, 3.05) is 27.2 Å². The highest BCUT2D eigenvalue weighted by Gasteiger charge is 2.38. The number of hydrogen-bond donors (Lipinski definition) is 0. The van der Waals surface area contributed by atoms with Crippen molar-refractivity contribution < 1.29 is 28.0 Å². The number of Topliss-reactive ketones (excluding diaryl/α,β-unsaturated/α-hetero) is 1. The van der Waals surface area contributed by atoms with Crippen LogP contribution in [-0.2, 0) is 11.2 Å². The second-order valence-corrected chi connectivity index (χ2v) is 6.23. The van der Waals surface area contributed by atoms with Gasteiger partial charge >= 0.3 is 0 Å². The van der Waals surface area contributed by atoms with E-state index in [1.54, 1.807) is 0 Å². The molecule has 2 atom stereocenters. The molecule has 0 radical (unpaired) electrons. The summed E-state index contributed by atoms with van der Waals surface area (Å²) in [5.41, 5.74) is -1.07. The first-order valence-corrected chi connectivity index (χ1v) is 7.61. The maximum atomic E-state index is 13.0. The summed E-state index contributed by atoms with van der Waals surface area (Å²) in [6.07, 6.45) is -3.01. The molecule has 126 valence electrons. The Balaban J connectivity index is 2.36. The molecular formula is C19H27NO3. The van der Waals surface area contributed by atoms with Crippen LogP contribution in [0.1, 0.15) is 57.5 Å². The van der Waals surface area contributed by atoms with Crippen LogP contribution in [0.3, 0.4) is 0 Å². The minimum absolute atomic E-state index is 0.114. The third-order valence-electron chi connectivity index (χ3n) is 4.13. The van der Waals surface area contributed by atoms with Crippen LogP contribution < -0.4 is 9.47 Å². The van der Waals surface area contributed by atoms with Crippen LogP contribution in [-0.4, -0.2) is 37.9 Å². The summed E-state index contributed by atoms with van der Waals surface area (Å²) in [6, 6.07) is -3.63. The van der Waals surface area contributed by atoms with Gasteiger partial charge in [0.2, 0.25) is 0 Å². The van der Waals surface area contributed by atoms with Crippen molar-refractivity contribution in [3.63, 3.8) is 0 Å². The van der Waals surface area contributed by atoms with Crippen LogP contribution in [0.4, 0.5) is 0 Å². The second kappa shape index (κ2) is 6.52. The number of nitrogens with zero attached hydrogens (tertiary/aromatic N) is 1. The van der Waals surface area contributed by atoms with Gasteiger partial charge in [0.05, 0.1) is 22.4 Å². The lowest BCUT2D eigenvalue weighted by molar-refractivity contribution is -0.129. The quantitative estimate of drug-likeness (QED) is 0.851. The van der Waals surface area contributed by atoms with Gasteiger partial charge in [0.15, 0.2) is 11.5 Å². The predicted molar refractivity (Wildman–Crippen MR) is 90.1 cm³/mol. The van der Waals surface area contributed by atoms with E-state index in [9.17, 15) is 4.79 Å². The van der Waals surface area contributed by atoms with Gasteiger partial charge in [0, 0.05) is 36.9 Å². The topological polar surface area (TPSA) is 38.8 Å². The summed E-state index contributed by atoms with van der Waals surface area (Å²) in [5.74, 6) is -2.04. The zero-order valence-electron chi connectivity index (χ0n) is 23.4. The van der Waals surface area contributed by atoms with Gasteiger partial charge in [-0.3, -0.25) is 9.69 Å². The number of carbonyl (C=O) groups is 1. The van der Waals surface area contributed by atoms with Gasteiger partial charge in [0.1, 0.15) is 5.78 Å². The van der Waals surface area contributed by atoms with Crippen LogP contribution in [0.2, 0.25) is 0 Å². The maximum absolute atomic E-state index is 13.0. The van der Waals surface area contributed by atoms with E-state index < -0.39 is 73.0 Å². The van der Waals surface area contributed by atoms with E-state index in [2.05, 4.69) is 0 Å². The highest BCUT2D eigenvalue weighted by Crippen LogP contribution is 2.42. The molecule has 4 nitrogen and oxygen atoms in total. The Kier molecular flexibility index (Phi) is 2.27. The molecule has 0 spiro atoms. The van der Waals surface area contributed by atoms with Gasteiger partial charge in [-0.15, -0.1) is 0 Å². The lowest BCUT2D eigenvalue weighted by atomic mass is 9.80. The molecule has 2 aliphatic heterocycles. The lowest BCUT2D eigenvalue weighted by Gasteiger charge is -2.43. The normalized spacial score (nSPS) is 38.8. The van der Waals surface area contributed by atoms with Crippen LogP contribution in [0.5, 0.6) is 11.5 Å². The van der Waals surface area contributed by atoms with E-state index in [-0.39, 0.29) is 18.2 Å². The number of ether oxygens (including phenoxy) is 2. The fraction of sp³-hybridized carbons (Fsp3) is 0.632. The van der Waals surface area contributed by atoms with E-state index >= 15 is 0 Å². The zero-order chi connectivity index (χ0) is 25.3. The number of rotatable bonds is 4. The molecule has 0 aliphatic carbocycles. The van der Waals surface area contributed by atoms with Crippen LogP contribution in [0, 0.1) is 11.8 Å². The third-order valence-corrected chi connectivity index (χ3v) is 4.13. The molecule has 1 fully saturated rings. The number of ketones is 1. The standard InChI is InChI=1S/C19H27NO3/c1-12(2)7-14-11-20-6-5-13-8-18(22-3)19(23-4)9-15(13)16(20)10-17(14)21/h8-9,12,14,16H,5-7,10-11H2,1-4H3/i3D3,5D2,6D2,8D,9D,16D. The predicted octanol–water partition coefficient (Wildman–Crippen LogP) is 3.24. The number of carbonyl (C=O) groups excluding carboxylic acids is 1. The van der Waals surface area contributed by atoms with Gasteiger partial charge in [0.25, 0.3) is 0 Å². The average molecular weight is 327 g/mol. The summed E-state index contributed by atoms with van der Waals surface area (Å²) in [7, 11) is -1.94. The molecule has 2 heterocycles. The smallest absolute Gasteiger partial charge is 0.161 e. The zero-order valence-corrected chi connectivity index (χ0v) is 13.4. The van der Waals surface area contributed by atoms with Gasteiger partial charge < -0.3 is 9.47 Å². The Morgan fingerprint density at radius 2 is 2.26 bits per heavy atom. The van der Waals surface area contributed by atoms with Crippen LogP contribution in [0.25, 0.3) is 0 Å². The highest BCUT2D eigenvalue weighted by molar-refractivity contribution is 5.83. The summed E-state index contributed by atoms with van der Waals surface area (Å²) >= 11 is 0. The molecule has 3 rings (SSSR count). The molecule has 1 aromatic rings. The fourth-order valence-electron chi connectivity index (χ4n) is 3.06. The first-order valence-electron chi connectivity index (χ1n) is 12.6. The molecule has 0 N–H and O–H groups in total. The molecule has 2 aliphatic rings. The molecule has 1 aromatic carbocycles. The van der Waals surface area contributed by atoms with Gasteiger partial charge in [-0.05, 0) is 41.9 Å². The van der Waals surface area contributed by atoms with Gasteiger partial charge in [-0.25, -0.2) is 0 Å². The number of methoxy groups -OCH3 is 2. The molecule has 0 amide bonds. The highest BCUT2D eigenvalue weighted by atomic mass is 16.5. The molecule has 0 bridgehead atoms. The van der Waals surface area contributed by atoms with Crippen molar-refractivity contribution in [1.29, 1.82) is 0 Å². The number of piperidine rings is 1. The van der Waals surface area contributed by atoms with Crippen molar-refractivity contribution in [1.82, 2.24) is 4.90 Å². The Hall–Kier alpha value is -1.55. The lowest BCUT2D eigenvalue weighted by Crippen LogP contribution is -2.46. The summed E-state index contributed by atoms with van der Waals surface area (Å²) in [5, 5.41) is 0. The van der Waals surface area contributed by atoms with Crippen molar-refractivity contribution >= 4 is 5.78 Å².